The van der Waals surface area contributed by atoms with E-state index in [0.717, 1.165) is 0 Å². The Morgan fingerprint density at radius 2 is 2.16 bits per heavy atom. The lowest BCUT2D eigenvalue weighted by atomic mass is 9.89. The molecule has 0 amide bonds. The van der Waals surface area contributed by atoms with Crippen LogP contribution in [0.1, 0.15) is 26.7 Å². The van der Waals surface area contributed by atoms with Gasteiger partial charge in [-0.25, -0.2) is 9.98 Å². The number of terminal acetylenes is 1. The summed E-state index contributed by atoms with van der Waals surface area (Å²) in [6.07, 6.45) is 8.22. The van der Waals surface area contributed by atoms with Gasteiger partial charge in [0.25, 0.3) is 0 Å². The van der Waals surface area contributed by atoms with Gasteiger partial charge in [0.1, 0.15) is 6.04 Å². The molecule has 0 aromatic rings. The average Bonchev–Trinajstić information content (AvgIpc) is 2.38. The summed E-state index contributed by atoms with van der Waals surface area (Å²) in [6, 6.07) is -0.129. The summed E-state index contributed by atoms with van der Waals surface area (Å²) in [7, 11) is 3.20. The van der Waals surface area contributed by atoms with E-state index in [2.05, 4.69) is 31.3 Å². The minimum Gasteiger partial charge on any atom is -0.483 e. The lowest BCUT2D eigenvalue weighted by Gasteiger charge is -2.34. The molecule has 1 rings (SSSR count). The lowest BCUT2D eigenvalue weighted by Crippen LogP contribution is -2.46. The molecule has 0 radical (unpaired) electrons. The maximum atomic E-state index is 5.47. The highest BCUT2D eigenvalue weighted by Crippen LogP contribution is 2.30. The van der Waals surface area contributed by atoms with Crippen LogP contribution in [-0.2, 0) is 9.47 Å². The molecule has 0 bridgehead atoms. The van der Waals surface area contributed by atoms with E-state index in [1.807, 2.05) is 0 Å². The number of hydrogen-bond acceptors (Lipinski definition) is 4. The van der Waals surface area contributed by atoms with E-state index in [-0.39, 0.29) is 12.0 Å². The molecule has 4 nitrogen and oxygen atoms in total. The van der Waals surface area contributed by atoms with E-state index >= 15 is 0 Å². The number of methoxy groups -OCH3 is 2. The smallest absolute Gasteiger partial charge is 0.214 e. The third kappa shape index (κ3) is 2.98. The van der Waals surface area contributed by atoms with Crippen LogP contribution in [0.4, 0.5) is 0 Å². The van der Waals surface area contributed by atoms with Gasteiger partial charge in [0.15, 0.2) is 5.54 Å². The predicted octanol–water partition coefficient (Wildman–Crippen LogP) is 2.45. The fraction of sp³-hybridized carbons (Fsp3) is 0.600. The monoisotopic (exact) mass is 262 g/mol. The number of aliphatic imine (C=N–C) groups is 2. The quantitative estimate of drug-likeness (QED) is 0.577. The summed E-state index contributed by atoms with van der Waals surface area (Å²) in [4.78, 5) is 9.33. The maximum absolute atomic E-state index is 5.47. The van der Waals surface area contributed by atoms with Crippen LogP contribution in [0, 0.1) is 18.3 Å². The van der Waals surface area contributed by atoms with E-state index in [0.29, 0.717) is 24.6 Å². The summed E-state index contributed by atoms with van der Waals surface area (Å²) < 4.78 is 10.8. The van der Waals surface area contributed by atoms with E-state index < -0.39 is 5.54 Å². The van der Waals surface area contributed by atoms with Gasteiger partial charge in [-0.2, -0.15) is 0 Å². The maximum Gasteiger partial charge on any atom is 0.214 e. The fourth-order valence-electron chi connectivity index (χ4n) is 2.20. The van der Waals surface area contributed by atoms with Crippen molar-refractivity contribution >= 4 is 11.8 Å². The molecule has 0 saturated heterocycles. The molecule has 2 atom stereocenters. The van der Waals surface area contributed by atoms with Crippen molar-refractivity contribution in [1.82, 2.24) is 0 Å². The number of hydrogen-bond donors (Lipinski definition) is 0. The van der Waals surface area contributed by atoms with Gasteiger partial charge >= 0.3 is 0 Å². The molecule has 19 heavy (non-hydrogen) atoms. The van der Waals surface area contributed by atoms with Crippen LogP contribution in [0.5, 0.6) is 0 Å². The first-order chi connectivity index (χ1) is 9.04. The van der Waals surface area contributed by atoms with Crippen LogP contribution in [0.25, 0.3) is 0 Å². The number of rotatable bonds is 4. The van der Waals surface area contributed by atoms with E-state index in [4.69, 9.17) is 20.9 Å². The molecule has 0 fully saturated rings. The number of ether oxygens (including phenoxy) is 2. The van der Waals surface area contributed by atoms with Gasteiger partial charge in [-0.05, 0) is 5.92 Å². The van der Waals surface area contributed by atoms with Crippen molar-refractivity contribution < 1.29 is 9.47 Å². The highest BCUT2D eigenvalue weighted by molar-refractivity contribution is 5.97. The molecule has 0 aromatic heterocycles. The highest BCUT2D eigenvalue weighted by atomic mass is 16.5. The zero-order chi connectivity index (χ0) is 14.5. The highest BCUT2D eigenvalue weighted by Gasteiger charge is 2.42. The molecule has 0 N–H and O–H groups in total. The molecule has 1 aliphatic rings. The second kappa shape index (κ2) is 6.42. The standard InChI is InChI=1S/C15H22N2O2/c1-7-9-15(10-8-2)14(19-6)16-12(11(3)4)13(17-15)18-5/h1,8,11-12H,2,9-10H2,3-6H3/t12-,15-/m0/s1. The summed E-state index contributed by atoms with van der Waals surface area (Å²) in [5.74, 6) is 4.08. The normalized spacial score (nSPS) is 26.2. The third-order valence-electron chi connectivity index (χ3n) is 3.14. The van der Waals surface area contributed by atoms with Crippen LogP contribution in [-0.4, -0.2) is 37.6 Å². The first kappa shape index (κ1) is 15.3. The molecule has 1 heterocycles. The van der Waals surface area contributed by atoms with Crippen LogP contribution in [0.2, 0.25) is 0 Å². The molecule has 0 aliphatic carbocycles. The zero-order valence-electron chi connectivity index (χ0n) is 12.1. The summed E-state index contributed by atoms with van der Waals surface area (Å²) in [6.45, 7) is 7.90. The lowest BCUT2D eigenvalue weighted by molar-refractivity contribution is 0.305. The van der Waals surface area contributed by atoms with Gasteiger partial charge < -0.3 is 9.47 Å². The topological polar surface area (TPSA) is 43.2 Å². The Labute approximate surface area is 115 Å². The Kier molecular flexibility index (Phi) is 5.17. The molecule has 0 spiro atoms. The Hall–Kier alpha value is -1.76. The molecule has 0 unspecified atom stereocenters. The number of nitrogens with zero attached hydrogens (tertiary/aromatic N) is 2. The second-order valence-electron chi connectivity index (χ2n) is 4.89. The Morgan fingerprint density at radius 1 is 1.47 bits per heavy atom. The second-order valence-corrected chi connectivity index (χ2v) is 4.89. The third-order valence-corrected chi connectivity index (χ3v) is 3.14. The van der Waals surface area contributed by atoms with Crippen LogP contribution in [0.3, 0.4) is 0 Å². The van der Waals surface area contributed by atoms with Crippen molar-refractivity contribution in [2.75, 3.05) is 14.2 Å². The van der Waals surface area contributed by atoms with Crippen LogP contribution >= 0.6 is 0 Å². The van der Waals surface area contributed by atoms with Crippen LogP contribution < -0.4 is 0 Å². The van der Waals surface area contributed by atoms with Gasteiger partial charge in [-0.1, -0.05) is 19.9 Å². The Morgan fingerprint density at radius 3 is 2.58 bits per heavy atom. The van der Waals surface area contributed by atoms with Gasteiger partial charge in [0.05, 0.1) is 14.2 Å². The Bertz CT molecular complexity index is 432. The van der Waals surface area contributed by atoms with E-state index in [1.54, 1.807) is 20.3 Å². The molecule has 0 saturated carbocycles. The predicted molar refractivity (Wildman–Crippen MR) is 78.5 cm³/mol. The van der Waals surface area contributed by atoms with Gasteiger partial charge in [0.2, 0.25) is 11.8 Å². The van der Waals surface area contributed by atoms with Crippen molar-refractivity contribution in [3.63, 3.8) is 0 Å². The van der Waals surface area contributed by atoms with Crippen molar-refractivity contribution in [3.05, 3.63) is 12.7 Å². The van der Waals surface area contributed by atoms with E-state index in [9.17, 15) is 0 Å². The minimum atomic E-state index is -0.679. The largest absolute Gasteiger partial charge is 0.483 e. The molecule has 0 aromatic carbocycles. The first-order valence-electron chi connectivity index (χ1n) is 6.35. The summed E-state index contributed by atoms with van der Waals surface area (Å²) in [5.41, 5.74) is -0.679. The van der Waals surface area contributed by atoms with Crippen molar-refractivity contribution in [2.24, 2.45) is 15.9 Å². The van der Waals surface area contributed by atoms with Crippen molar-refractivity contribution in [2.45, 2.75) is 38.3 Å². The first-order valence-corrected chi connectivity index (χ1v) is 6.35. The van der Waals surface area contributed by atoms with Gasteiger partial charge in [-0.3, -0.25) is 0 Å². The molecule has 104 valence electrons. The average molecular weight is 262 g/mol. The SMILES string of the molecule is C#CC[C@@]1(CC=C)N=C(OC)[C@H](C(C)C)N=C1OC. The van der Waals surface area contributed by atoms with E-state index in [1.165, 1.54) is 0 Å². The summed E-state index contributed by atoms with van der Waals surface area (Å²) in [5, 5.41) is 0. The fourth-order valence-corrected chi connectivity index (χ4v) is 2.20. The minimum absolute atomic E-state index is 0.129. The Balaban J connectivity index is 3.30. The molecular weight excluding hydrogens is 240 g/mol. The molecule has 4 heteroatoms. The van der Waals surface area contributed by atoms with Crippen molar-refractivity contribution in [1.29, 1.82) is 0 Å². The molecular formula is C15H22N2O2. The zero-order valence-corrected chi connectivity index (χ0v) is 12.1. The van der Waals surface area contributed by atoms with Crippen LogP contribution in [0.15, 0.2) is 22.6 Å². The molecule has 1 aliphatic heterocycles. The van der Waals surface area contributed by atoms with Crippen molar-refractivity contribution in [3.8, 4) is 12.3 Å². The summed E-state index contributed by atoms with van der Waals surface area (Å²) >= 11 is 0. The van der Waals surface area contributed by atoms with Gasteiger partial charge in [-0.15, -0.1) is 18.9 Å². The van der Waals surface area contributed by atoms with Gasteiger partial charge in [0, 0.05) is 12.8 Å².